The largest absolute Gasteiger partial charge is 0.496 e. The zero-order valence-electron chi connectivity index (χ0n) is 12.7. The van der Waals surface area contributed by atoms with E-state index in [9.17, 15) is 16.8 Å². The van der Waals surface area contributed by atoms with Crippen LogP contribution in [0, 0.1) is 0 Å². The normalized spacial score (nSPS) is 12.2. The number of hydrogen-bond acceptors (Lipinski definition) is 5. The summed E-state index contributed by atoms with van der Waals surface area (Å²) < 4.78 is 56.2. The van der Waals surface area contributed by atoms with Crippen LogP contribution >= 0.6 is 0 Å². The quantitative estimate of drug-likeness (QED) is 0.667. The van der Waals surface area contributed by atoms with Gasteiger partial charge in [0, 0.05) is 10.8 Å². The van der Waals surface area contributed by atoms with Crippen molar-refractivity contribution in [2.45, 2.75) is 9.79 Å². The van der Waals surface area contributed by atoms with Crippen molar-refractivity contribution in [1.82, 2.24) is 0 Å². The van der Waals surface area contributed by atoms with Gasteiger partial charge >= 0.3 is 0 Å². The summed E-state index contributed by atoms with van der Waals surface area (Å²) in [5.41, 5.74) is 0. The molecule has 0 aliphatic carbocycles. The van der Waals surface area contributed by atoms with Crippen LogP contribution in [0.5, 0.6) is 5.75 Å². The number of ether oxygens (including phenoxy) is 1. The molecule has 124 valence electrons. The van der Waals surface area contributed by atoms with Crippen molar-refractivity contribution >= 4 is 28.5 Å². The van der Waals surface area contributed by atoms with E-state index in [1.165, 1.54) is 43.5 Å². The van der Waals surface area contributed by atoms with Gasteiger partial charge in [-0.3, -0.25) is 0 Å². The van der Waals surface area contributed by atoms with Gasteiger partial charge in [0.25, 0.3) is 17.7 Å². The molecule has 24 heavy (non-hydrogen) atoms. The molecule has 0 saturated heterocycles. The monoisotopic (exact) mass is 362 g/mol. The highest BCUT2D eigenvalue weighted by molar-refractivity contribution is 8.67. The van der Waals surface area contributed by atoms with Crippen molar-refractivity contribution < 1.29 is 21.6 Å². The molecule has 0 spiro atoms. The van der Waals surface area contributed by atoms with Gasteiger partial charge in [-0.2, -0.15) is 0 Å². The Morgan fingerprint density at radius 2 is 1.25 bits per heavy atom. The summed E-state index contributed by atoms with van der Waals surface area (Å²) >= 11 is 0. The summed E-state index contributed by atoms with van der Waals surface area (Å²) in [5.74, 6) is 0.474. The first-order valence-corrected chi connectivity index (χ1v) is 10.5. The van der Waals surface area contributed by atoms with Gasteiger partial charge in [0.15, 0.2) is 0 Å². The van der Waals surface area contributed by atoms with Crippen molar-refractivity contribution in [2.24, 2.45) is 0 Å². The van der Waals surface area contributed by atoms with Crippen molar-refractivity contribution in [3.05, 3.63) is 66.7 Å². The van der Waals surface area contributed by atoms with Crippen LogP contribution in [0.15, 0.2) is 76.5 Å². The average molecular weight is 362 g/mol. The molecule has 0 saturated carbocycles. The van der Waals surface area contributed by atoms with Crippen LogP contribution in [0.3, 0.4) is 0 Å². The minimum Gasteiger partial charge on any atom is -0.496 e. The molecule has 0 atom stereocenters. The molecule has 0 radical (unpaired) electrons. The molecule has 0 fully saturated rings. The smallest absolute Gasteiger partial charge is 0.287 e. The van der Waals surface area contributed by atoms with E-state index in [2.05, 4.69) is 0 Å². The molecule has 0 unspecified atom stereocenters. The zero-order valence-corrected chi connectivity index (χ0v) is 14.3. The Balaban J connectivity index is 2.31. The van der Waals surface area contributed by atoms with E-state index < -0.39 is 17.7 Å². The number of benzene rings is 3. The second-order valence-corrected chi connectivity index (χ2v) is 10.4. The SMILES string of the molecule is COc1ccc(S(=O)(=O)S(=O)(=O)c2ccccc2)c2ccccc12. The molecule has 7 heteroatoms. The van der Waals surface area contributed by atoms with Gasteiger partial charge in [0.05, 0.1) is 16.9 Å². The fourth-order valence-electron chi connectivity index (χ4n) is 2.47. The van der Waals surface area contributed by atoms with E-state index >= 15 is 0 Å². The number of hydrogen-bond donors (Lipinski definition) is 0. The molecule has 5 nitrogen and oxygen atoms in total. The van der Waals surface area contributed by atoms with E-state index in [-0.39, 0.29) is 9.79 Å². The van der Waals surface area contributed by atoms with Crippen LogP contribution in [0.1, 0.15) is 0 Å². The first kappa shape index (κ1) is 16.5. The van der Waals surface area contributed by atoms with Gasteiger partial charge < -0.3 is 4.74 Å². The molecule has 3 aromatic rings. The number of rotatable bonds is 4. The van der Waals surface area contributed by atoms with E-state index in [1.807, 2.05) is 0 Å². The second-order valence-electron chi connectivity index (χ2n) is 5.03. The minimum atomic E-state index is -4.63. The summed E-state index contributed by atoms with van der Waals surface area (Å²) in [4.78, 5) is -0.521. The maximum absolute atomic E-state index is 12.8. The highest BCUT2D eigenvalue weighted by Gasteiger charge is 2.35. The van der Waals surface area contributed by atoms with Gasteiger partial charge in [-0.15, -0.1) is 0 Å². The lowest BCUT2D eigenvalue weighted by molar-refractivity contribution is 0.419. The maximum atomic E-state index is 12.8. The molecular weight excluding hydrogens is 348 g/mol. The lowest BCUT2D eigenvalue weighted by Crippen LogP contribution is -2.16. The van der Waals surface area contributed by atoms with Crippen molar-refractivity contribution in [3.8, 4) is 5.75 Å². The third kappa shape index (κ3) is 2.46. The molecule has 0 heterocycles. The molecular formula is C17H14O5S2. The van der Waals surface area contributed by atoms with Gasteiger partial charge in [-0.05, 0) is 24.3 Å². The van der Waals surface area contributed by atoms with Crippen LogP contribution in [-0.2, 0) is 17.7 Å². The van der Waals surface area contributed by atoms with Gasteiger partial charge in [-0.1, -0.05) is 42.5 Å². The highest BCUT2D eigenvalue weighted by atomic mass is 33.2. The number of fused-ring (bicyclic) bond motifs is 1. The molecule has 0 aliphatic rings. The van der Waals surface area contributed by atoms with Crippen molar-refractivity contribution in [1.29, 1.82) is 0 Å². The Hall–Kier alpha value is -2.38. The summed E-state index contributed by atoms with van der Waals surface area (Å²) in [6.07, 6.45) is 0. The van der Waals surface area contributed by atoms with Crippen LogP contribution in [0.25, 0.3) is 10.8 Å². The lowest BCUT2D eigenvalue weighted by Gasteiger charge is -2.11. The molecule has 0 N–H and O–H groups in total. The van der Waals surface area contributed by atoms with Crippen LogP contribution in [0.4, 0.5) is 0 Å². The molecule has 0 bridgehead atoms. The highest BCUT2D eigenvalue weighted by Crippen LogP contribution is 2.34. The molecule has 3 rings (SSSR count). The van der Waals surface area contributed by atoms with E-state index in [0.717, 1.165) is 0 Å². The van der Waals surface area contributed by atoms with E-state index in [1.54, 1.807) is 30.3 Å². The molecule has 0 amide bonds. The van der Waals surface area contributed by atoms with Crippen LogP contribution in [0.2, 0.25) is 0 Å². The summed E-state index contributed by atoms with van der Waals surface area (Å²) in [5, 5.41) is 0.834. The van der Waals surface area contributed by atoms with Crippen molar-refractivity contribution in [2.75, 3.05) is 7.11 Å². The Bertz CT molecular complexity index is 1100. The lowest BCUT2D eigenvalue weighted by atomic mass is 10.1. The van der Waals surface area contributed by atoms with Gasteiger partial charge in [0.1, 0.15) is 5.75 Å². The summed E-state index contributed by atoms with van der Waals surface area (Å²) in [6.45, 7) is 0. The predicted molar refractivity (Wildman–Crippen MR) is 91.3 cm³/mol. The fraction of sp³-hybridized carbons (Fsp3) is 0.0588. The minimum absolute atomic E-state index is 0.259. The van der Waals surface area contributed by atoms with Crippen molar-refractivity contribution in [3.63, 3.8) is 0 Å². The number of methoxy groups -OCH3 is 1. The van der Waals surface area contributed by atoms with Crippen LogP contribution in [-0.4, -0.2) is 23.9 Å². The topological polar surface area (TPSA) is 77.5 Å². The Morgan fingerprint density at radius 3 is 1.88 bits per heavy atom. The standard InChI is InChI=1S/C17H14O5S2/c1-22-16-11-12-17(15-10-6-5-9-14(15)16)24(20,21)23(18,19)13-7-3-2-4-8-13/h2-12H,1H3. The van der Waals surface area contributed by atoms with E-state index in [0.29, 0.717) is 16.5 Å². The fourth-order valence-corrected chi connectivity index (χ4v) is 6.37. The van der Waals surface area contributed by atoms with Gasteiger partial charge in [-0.25, -0.2) is 16.8 Å². The predicted octanol–water partition coefficient (Wildman–Crippen LogP) is 3.01. The third-order valence-electron chi connectivity index (χ3n) is 3.65. The second kappa shape index (κ2) is 5.92. The molecule has 0 aliphatic heterocycles. The summed E-state index contributed by atoms with van der Waals surface area (Å²) in [7, 11) is -7.73. The molecule has 3 aromatic carbocycles. The Labute approximate surface area is 139 Å². The Kier molecular flexibility index (Phi) is 4.06. The van der Waals surface area contributed by atoms with Crippen LogP contribution < -0.4 is 4.74 Å². The maximum Gasteiger partial charge on any atom is 0.287 e. The first-order chi connectivity index (χ1) is 11.4. The van der Waals surface area contributed by atoms with Gasteiger partial charge in [0.2, 0.25) is 0 Å². The average Bonchev–Trinajstić information content (AvgIpc) is 2.61. The first-order valence-electron chi connectivity index (χ1n) is 7.00. The zero-order chi connectivity index (χ0) is 17.4. The Morgan fingerprint density at radius 1 is 0.667 bits per heavy atom. The van der Waals surface area contributed by atoms with E-state index in [4.69, 9.17) is 4.74 Å². The third-order valence-corrected chi connectivity index (χ3v) is 8.83. The summed E-state index contributed by atoms with van der Waals surface area (Å²) in [6, 6.07) is 16.4. The molecule has 0 aromatic heterocycles.